The molecule has 3 aromatic rings. The van der Waals surface area contributed by atoms with E-state index in [2.05, 4.69) is 21.2 Å². The van der Waals surface area contributed by atoms with Crippen molar-refractivity contribution in [2.24, 2.45) is 0 Å². The number of hydrogen-bond acceptors (Lipinski definition) is 5. The Labute approximate surface area is 130 Å². The van der Waals surface area contributed by atoms with E-state index in [1.165, 1.54) is 5.56 Å². The number of anilines is 1. The number of nitrogens with zero attached hydrogens (tertiary/aromatic N) is 2. The molecule has 0 aliphatic rings. The van der Waals surface area contributed by atoms with Crippen LogP contribution in [-0.4, -0.2) is 12.1 Å². The van der Waals surface area contributed by atoms with Crippen molar-refractivity contribution in [2.75, 3.05) is 12.4 Å². The summed E-state index contributed by atoms with van der Waals surface area (Å²) in [6, 6.07) is 10.0. The minimum atomic E-state index is 0.447. The van der Waals surface area contributed by atoms with Crippen LogP contribution in [0, 0.1) is 6.57 Å². The van der Waals surface area contributed by atoms with Gasteiger partial charge in [-0.25, -0.2) is 11.6 Å². The van der Waals surface area contributed by atoms with Gasteiger partial charge in [-0.05, 0) is 23.8 Å². The van der Waals surface area contributed by atoms with Crippen LogP contribution in [0.5, 0.6) is 5.75 Å². The second-order valence-corrected chi connectivity index (χ2v) is 6.56. The Hall–Kier alpha value is -2.10. The van der Waals surface area contributed by atoms with Gasteiger partial charge in [-0.15, -0.1) is 11.3 Å². The third kappa shape index (κ3) is 3.15. The number of hydrogen-bond donors (Lipinski definition) is 1. The van der Waals surface area contributed by atoms with Crippen LogP contribution in [0.3, 0.4) is 0 Å². The largest absolute Gasteiger partial charge is 0.497 e. The fourth-order valence-corrected chi connectivity index (χ4v) is 3.99. The maximum Gasteiger partial charge on any atom is 0.248 e. The smallest absolute Gasteiger partial charge is 0.248 e. The molecule has 0 saturated carbocycles. The van der Waals surface area contributed by atoms with Crippen LogP contribution in [0.25, 0.3) is 14.4 Å². The minimum Gasteiger partial charge on any atom is -0.497 e. The lowest BCUT2D eigenvalue weighted by molar-refractivity contribution is 0.414. The number of benzene rings is 1. The molecule has 0 radical (unpaired) electrons. The molecule has 4 nitrogen and oxygen atoms in total. The summed E-state index contributed by atoms with van der Waals surface area (Å²) in [5.41, 5.74) is 1.18. The minimum absolute atomic E-state index is 0.447. The average molecular weight is 315 g/mol. The molecule has 2 heterocycles. The monoisotopic (exact) mass is 315 g/mol. The van der Waals surface area contributed by atoms with E-state index in [9.17, 15) is 0 Å². The van der Waals surface area contributed by atoms with Gasteiger partial charge in [0.15, 0.2) is 5.13 Å². The first-order valence-electron chi connectivity index (χ1n) is 6.38. The van der Waals surface area contributed by atoms with Crippen molar-refractivity contribution in [3.8, 4) is 5.75 Å². The summed E-state index contributed by atoms with van der Waals surface area (Å²) in [5.74, 6) is 0.862. The Balaban J connectivity index is 1.67. The van der Waals surface area contributed by atoms with Crippen LogP contribution in [-0.2, 0) is 13.1 Å². The summed E-state index contributed by atoms with van der Waals surface area (Å²) in [6.45, 7) is 8.08. The van der Waals surface area contributed by atoms with E-state index in [0.717, 1.165) is 31.8 Å². The summed E-state index contributed by atoms with van der Waals surface area (Å²) < 4.78 is 6.29. The van der Waals surface area contributed by atoms with E-state index in [1.807, 2.05) is 24.3 Å². The molecule has 6 heteroatoms. The zero-order valence-electron chi connectivity index (χ0n) is 11.4. The normalized spacial score (nSPS) is 10.5. The first-order valence-corrected chi connectivity index (χ1v) is 8.01. The highest BCUT2D eigenvalue weighted by Crippen LogP contribution is 2.33. The maximum atomic E-state index is 6.89. The topological polar surface area (TPSA) is 38.5 Å². The molecule has 2 aromatic heterocycles. The molecule has 0 fully saturated rings. The van der Waals surface area contributed by atoms with Crippen LogP contribution >= 0.6 is 22.7 Å². The Morgan fingerprint density at radius 2 is 2.10 bits per heavy atom. The standard InChI is InChI=1S/C15H13N3OS2/c1-16-9-12-7-13-14(20-12)18-15(21-13)17-8-10-3-5-11(19-2)6-4-10/h3-7H,8-9H2,2H3,(H,17,18). The molecule has 1 N–H and O–H groups in total. The van der Waals surface area contributed by atoms with Crippen molar-refractivity contribution in [2.45, 2.75) is 13.1 Å². The van der Waals surface area contributed by atoms with Gasteiger partial charge in [0.05, 0.1) is 16.7 Å². The van der Waals surface area contributed by atoms with Crippen LogP contribution in [0.4, 0.5) is 5.13 Å². The highest BCUT2D eigenvalue weighted by molar-refractivity contribution is 7.29. The number of fused-ring (bicyclic) bond motifs is 1. The van der Waals surface area contributed by atoms with Crippen LogP contribution in [0.15, 0.2) is 30.3 Å². The predicted octanol–water partition coefficient (Wildman–Crippen LogP) is 4.40. The van der Waals surface area contributed by atoms with E-state index in [0.29, 0.717) is 6.54 Å². The van der Waals surface area contributed by atoms with Crippen molar-refractivity contribution in [1.82, 2.24) is 4.98 Å². The molecule has 106 valence electrons. The molecule has 0 saturated heterocycles. The summed E-state index contributed by atoms with van der Waals surface area (Å²) in [4.78, 5) is 10.1. The average Bonchev–Trinajstić information content (AvgIpc) is 3.04. The van der Waals surface area contributed by atoms with E-state index in [-0.39, 0.29) is 0 Å². The molecule has 0 amide bonds. The van der Waals surface area contributed by atoms with E-state index >= 15 is 0 Å². The predicted molar refractivity (Wildman–Crippen MR) is 88.1 cm³/mol. The van der Waals surface area contributed by atoms with Crippen LogP contribution < -0.4 is 10.1 Å². The summed E-state index contributed by atoms with van der Waals surface area (Å²) in [6.07, 6.45) is 0. The Bertz CT molecular complexity index is 752. The fourth-order valence-electron chi connectivity index (χ4n) is 1.93. The first-order chi connectivity index (χ1) is 10.3. The third-order valence-electron chi connectivity index (χ3n) is 2.98. The summed E-state index contributed by atoms with van der Waals surface area (Å²) >= 11 is 3.23. The van der Waals surface area contributed by atoms with Crippen LogP contribution in [0.2, 0.25) is 0 Å². The molecule has 0 spiro atoms. The molecule has 1 aromatic carbocycles. The molecule has 0 aliphatic heterocycles. The van der Waals surface area contributed by atoms with Gasteiger partial charge in [0.1, 0.15) is 10.6 Å². The second-order valence-electron chi connectivity index (χ2n) is 4.42. The Morgan fingerprint density at radius 1 is 1.29 bits per heavy atom. The number of thiazole rings is 1. The Morgan fingerprint density at radius 3 is 2.76 bits per heavy atom. The van der Waals surface area contributed by atoms with E-state index < -0.39 is 0 Å². The fraction of sp³-hybridized carbons (Fsp3) is 0.200. The number of nitrogens with one attached hydrogen (secondary N) is 1. The van der Waals surface area contributed by atoms with Gasteiger partial charge in [-0.3, -0.25) is 0 Å². The van der Waals surface area contributed by atoms with Gasteiger partial charge >= 0.3 is 0 Å². The first kappa shape index (κ1) is 13.9. The molecular formula is C15H13N3OS2. The third-order valence-corrected chi connectivity index (χ3v) is 5.08. The van der Waals surface area contributed by atoms with E-state index in [4.69, 9.17) is 11.3 Å². The summed E-state index contributed by atoms with van der Waals surface area (Å²) in [5, 5.41) is 4.26. The number of methoxy groups -OCH3 is 1. The van der Waals surface area contributed by atoms with Crippen molar-refractivity contribution < 1.29 is 4.74 Å². The van der Waals surface area contributed by atoms with Gasteiger partial charge < -0.3 is 14.9 Å². The maximum absolute atomic E-state index is 6.89. The summed E-state index contributed by atoms with van der Waals surface area (Å²) in [7, 11) is 1.66. The molecular weight excluding hydrogens is 302 g/mol. The number of ether oxygens (including phenoxy) is 1. The van der Waals surface area contributed by atoms with Crippen molar-refractivity contribution in [3.63, 3.8) is 0 Å². The van der Waals surface area contributed by atoms with Crippen molar-refractivity contribution >= 4 is 37.3 Å². The van der Waals surface area contributed by atoms with Crippen LogP contribution in [0.1, 0.15) is 10.4 Å². The van der Waals surface area contributed by atoms with Gasteiger partial charge in [-0.2, -0.15) is 0 Å². The molecule has 0 bridgehead atoms. The van der Waals surface area contributed by atoms with E-state index in [1.54, 1.807) is 29.8 Å². The van der Waals surface area contributed by atoms with Gasteiger partial charge in [0, 0.05) is 6.54 Å². The van der Waals surface area contributed by atoms with Crippen molar-refractivity contribution in [3.05, 3.63) is 52.2 Å². The highest BCUT2D eigenvalue weighted by atomic mass is 32.1. The zero-order chi connectivity index (χ0) is 14.7. The highest BCUT2D eigenvalue weighted by Gasteiger charge is 2.09. The molecule has 0 unspecified atom stereocenters. The number of thiophene rings is 1. The number of rotatable bonds is 5. The number of aromatic nitrogens is 1. The van der Waals surface area contributed by atoms with Gasteiger partial charge in [-0.1, -0.05) is 23.5 Å². The molecule has 0 atom stereocenters. The lowest BCUT2D eigenvalue weighted by Gasteiger charge is -2.04. The Kier molecular flexibility index (Phi) is 4.04. The lowest BCUT2D eigenvalue weighted by Crippen LogP contribution is -1.98. The second kappa shape index (κ2) is 6.12. The SMILES string of the molecule is [C-]#[N+]Cc1cc2sc(NCc3ccc(OC)cc3)nc2s1. The van der Waals surface area contributed by atoms with Crippen molar-refractivity contribution in [1.29, 1.82) is 0 Å². The van der Waals surface area contributed by atoms with Gasteiger partial charge in [0.25, 0.3) is 0 Å². The molecule has 0 aliphatic carbocycles. The van der Waals surface area contributed by atoms with Gasteiger partial charge in [0.2, 0.25) is 6.54 Å². The molecule has 21 heavy (non-hydrogen) atoms. The quantitative estimate of drug-likeness (QED) is 0.709. The molecule has 3 rings (SSSR count). The lowest BCUT2D eigenvalue weighted by atomic mass is 10.2. The zero-order valence-corrected chi connectivity index (χ0v) is 13.1.